The standard InChI is InChI=1S/C17H18O2/c1-3-4-5-6-10-13-16(17(18)19)14(2)15-11-8-7-9-12-15/h1,4-12,14,16H,13H2,2H3,(H,18,19)/b5-4-,10-6-. The van der Waals surface area contributed by atoms with Crippen LogP contribution in [0.15, 0.2) is 54.6 Å². The zero-order chi connectivity index (χ0) is 14.1. The largest absolute Gasteiger partial charge is 0.481 e. The summed E-state index contributed by atoms with van der Waals surface area (Å²) < 4.78 is 0. The number of aliphatic carboxylic acids is 1. The third-order valence-electron chi connectivity index (χ3n) is 3.08. The van der Waals surface area contributed by atoms with Gasteiger partial charge in [-0.05, 0) is 24.0 Å². The number of hydrogen-bond acceptors (Lipinski definition) is 1. The molecule has 2 unspecified atom stereocenters. The molecule has 0 amide bonds. The van der Waals surface area contributed by atoms with Crippen molar-refractivity contribution in [3.8, 4) is 12.3 Å². The summed E-state index contributed by atoms with van der Waals surface area (Å²) in [6.07, 6.45) is 12.5. The third kappa shape index (κ3) is 4.85. The van der Waals surface area contributed by atoms with Crippen LogP contribution in [0.25, 0.3) is 0 Å². The molecule has 0 aliphatic heterocycles. The molecule has 0 aromatic heterocycles. The van der Waals surface area contributed by atoms with Crippen molar-refractivity contribution >= 4 is 5.97 Å². The normalized spacial score (nSPS) is 14.3. The topological polar surface area (TPSA) is 37.3 Å². The molecule has 1 aromatic carbocycles. The smallest absolute Gasteiger partial charge is 0.307 e. The molecule has 1 aromatic rings. The van der Waals surface area contributed by atoms with Crippen LogP contribution < -0.4 is 0 Å². The van der Waals surface area contributed by atoms with E-state index in [2.05, 4.69) is 5.92 Å². The predicted molar refractivity (Wildman–Crippen MR) is 77.7 cm³/mol. The summed E-state index contributed by atoms with van der Waals surface area (Å²) in [5.74, 6) is 1.14. The van der Waals surface area contributed by atoms with Crippen LogP contribution in [0.5, 0.6) is 0 Å². The Morgan fingerprint density at radius 3 is 2.63 bits per heavy atom. The lowest BCUT2D eigenvalue weighted by Gasteiger charge is -2.19. The van der Waals surface area contributed by atoms with Gasteiger partial charge in [-0.15, -0.1) is 6.42 Å². The van der Waals surface area contributed by atoms with E-state index in [9.17, 15) is 9.90 Å². The van der Waals surface area contributed by atoms with E-state index in [1.165, 1.54) is 0 Å². The minimum Gasteiger partial charge on any atom is -0.481 e. The van der Waals surface area contributed by atoms with Crippen molar-refractivity contribution in [3.05, 3.63) is 60.2 Å². The van der Waals surface area contributed by atoms with E-state index in [-0.39, 0.29) is 5.92 Å². The van der Waals surface area contributed by atoms with Crippen LogP contribution in [-0.2, 0) is 4.79 Å². The van der Waals surface area contributed by atoms with Crippen molar-refractivity contribution in [2.24, 2.45) is 5.92 Å². The molecule has 19 heavy (non-hydrogen) atoms. The number of carboxylic acid groups (broad SMARTS) is 1. The van der Waals surface area contributed by atoms with Crippen molar-refractivity contribution in [1.82, 2.24) is 0 Å². The zero-order valence-corrected chi connectivity index (χ0v) is 11.0. The van der Waals surface area contributed by atoms with Gasteiger partial charge in [0.1, 0.15) is 0 Å². The minimum atomic E-state index is -0.776. The number of benzene rings is 1. The Kier molecular flexibility index (Phi) is 6.18. The van der Waals surface area contributed by atoms with Gasteiger partial charge in [0.05, 0.1) is 5.92 Å². The summed E-state index contributed by atoms with van der Waals surface area (Å²) in [6.45, 7) is 1.94. The quantitative estimate of drug-likeness (QED) is 0.621. The van der Waals surface area contributed by atoms with E-state index in [0.717, 1.165) is 5.56 Å². The van der Waals surface area contributed by atoms with Gasteiger partial charge in [-0.1, -0.05) is 61.4 Å². The number of carbonyl (C=O) groups is 1. The molecule has 2 heteroatoms. The van der Waals surface area contributed by atoms with Crippen molar-refractivity contribution < 1.29 is 9.90 Å². The highest BCUT2D eigenvalue weighted by molar-refractivity contribution is 5.71. The average Bonchev–Trinajstić information content (AvgIpc) is 2.43. The molecular formula is C17H18O2. The number of allylic oxidation sites excluding steroid dienone is 4. The Bertz CT molecular complexity index is 492. The summed E-state index contributed by atoms with van der Waals surface area (Å²) in [5, 5.41) is 9.32. The lowest BCUT2D eigenvalue weighted by atomic mass is 9.85. The Labute approximate surface area is 114 Å². The van der Waals surface area contributed by atoms with Crippen LogP contribution in [-0.4, -0.2) is 11.1 Å². The first kappa shape index (κ1) is 14.8. The molecule has 2 nitrogen and oxygen atoms in total. The van der Waals surface area contributed by atoms with Crippen LogP contribution in [0.1, 0.15) is 24.8 Å². The van der Waals surface area contributed by atoms with E-state index >= 15 is 0 Å². The second-order valence-corrected chi connectivity index (χ2v) is 4.33. The van der Waals surface area contributed by atoms with Gasteiger partial charge in [-0.25, -0.2) is 0 Å². The lowest BCUT2D eigenvalue weighted by Crippen LogP contribution is -2.19. The Hall–Kier alpha value is -2.27. The van der Waals surface area contributed by atoms with E-state index < -0.39 is 11.9 Å². The maximum absolute atomic E-state index is 11.3. The summed E-state index contributed by atoms with van der Waals surface area (Å²) in [7, 11) is 0. The predicted octanol–water partition coefficient (Wildman–Crippen LogP) is 3.63. The summed E-state index contributed by atoms with van der Waals surface area (Å²) in [5.41, 5.74) is 1.04. The van der Waals surface area contributed by atoms with Crippen LogP contribution in [0, 0.1) is 18.3 Å². The highest BCUT2D eigenvalue weighted by Gasteiger charge is 2.24. The summed E-state index contributed by atoms with van der Waals surface area (Å²) in [4.78, 5) is 11.3. The summed E-state index contributed by atoms with van der Waals surface area (Å²) >= 11 is 0. The Morgan fingerprint density at radius 1 is 1.37 bits per heavy atom. The first-order valence-corrected chi connectivity index (χ1v) is 6.22. The molecule has 0 heterocycles. The molecule has 0 saturated heterocycles. The third-order valence-corrected chi connectivity index (χ3v) is 3.08. The van der Waals surface area contributed by atoms with Crippen LogP contribution >= 0.6 is 0 Å². The molecule has 0 aliphatic carbocycles. The average molecular weight is 254 g/mol. The lowest BCUT2D eigenvalue weighted by molar-refractivity contribution is -0.142. The fraction of sp³-hybridized carbons (Fsp3) is 0.235. The molecule has 0 radical (unpaired) electrons. The van der Waals surface area contributed by atoms with Gasteiger partial charge in [0.2, 0.25) is 0 Å². The van der Waals surface area contributed by atoms with Gasteiger partial charge in [0.15, 0.2) is 0 Å². The Morgan fingerprint density at radius 2 is 2.05 bits per heavy atom. The molecule has 0 saturated carbocycles. The number of carboxylic acids is 1. The number of terminal acetylenes is 1. The molecule has 0 aliphatic rings. The highest BCUT2D eigenvalue weighted by atomic mass is 16.4. The maximum atomic E-state index is 11.3. The van der Waals surface area contributed by atoms with Crippen LogP contribution in [0.4, 0.5) is 0 Å². The van der Waals surface area contributed by atoms with Crippen molar-refractivity contribution in [2.75, 3.05) is 0 Å². The van der Waals surface area contributed by atoms with E-state index in [4.69, 9.17) is 6.42 Å². The van der Waals surface area contributed by atoms with E-state index in [1.54, 1.807) is 18.2 Å². The zero-order valence-electron chi connectivity index (χ0n) is 11.0. The van der Waals surface area contributed by atoms with E-state index in [0.29, 0.717) is 6.42 Å². The molecular weight excluding hydrogens is 236 g/mol. The first-order chi connectivity index (χ1) is 9.16. The van der Waals surface area contributed by atoms with Gasteiger partial charge >= 0.3 is 5.97 Å². The fourth-order valence-electron chi connectivity index (χ4n) is 1.92. The van der Waals surface area contributed by atoms with Gasteiger partial charge in [0.25, 0.3) is 0 Å². The van der Waals surface area contributed by atoms with Gasteiger partial charge in [0, 0.05) is 0 Å². The molecule has 2 atom stereocenters. The van der Waals surface area contributed by atoms with Gasteiger partial charge in [-0.3, -0.25) is 4.79 Å². The molecule has 1 rings (SSSR count). The molecule has 1 N–H and O–H groups in total. The SMILES string of the molecule is C#C/C=C\C=C/CC(C(=O)O)C(C)c1ccccc1. The van der Waals surface area contributed by atoms with Crippen LogP contribution in [0.2, 0.25) is 0 Å². The first-order valence-electron chi connectivity index (χ1n) is 6.22. The number of hydrogen-bond donors (Lipinski definition) is 1. The minimum absolute atomic E-state index is 0.0278. The molecule has 0 bridgehead atoms. The molecule has 98 valence electrons. The van der Waals surface area contributed by atoms with Gasteiger partial charge in [-0.2, -0.15) is 0 Å². The fourth-order valence-corrected chi connectivity index (χ4v) is 1.92. The van der Waals surface area contributed by atoms with Crippen molar-refractivity contribution in [1.29, 1.82) is 0 Å². The van der Waals surface area contributed by atoms with Gasteiger partial charge < -0.3 is 5.11 Å². The number of rotatable bonds is 6. The second-order valence-electron chi connectivity index (χ2n) is 4.33. The maximum Gasteiger partial charge on any atom is 0.307 e. The van der Waals surface area contributed by atoms with Crippen molar-refractivity contribution in [3.63, 3.8) is 0 Å². The Balaban J connectivity index is 2.73. The monoisotopic (exact) mass is 254 g/mol. The summed E-state index contributed by atoms with van der Waals surface area (Å²) in [6, 6.07) is 9.70. The highest BCUT2D eigenvalue weighted by Crippen LogP contribution is 2.27. The molecule has 0 fully saturated rings. The second kappa shape index (κ2) is 7.94. The van der Waals surface area contributed by atoms with Crippen LogP contribution in [0.3, 0.4) is 0 Å². The molecule has 0 spiro atoms. The van der Waals surface area contributed by atoms with E-state index in [1.807, 2.05) is 43.3 Å². The van der Waals surface area contributed by atoms with Crippen molar-refractivity contribution in [2.45, 2.75) is 19.3 Å².